The fraction of sp³-hybridized carbons (Fsp3) is 0.381. The van der Waals surface area contributed by atoms with Crippen molar-refractivity contribution >= 4 is 11.9 Å². The van der Waals surface area contributed by atoms with Crippen molar-refractivity contribution in [2.45, 2.75) is 26.2 Å². The number of benzene rings is 2. The molecule has 0 N–H and O–H groups in total. The van der Waals surface area contributed by atoms with Gasteiger partial charge in [0.25, 0.3) is 0 Å². The number of rotatable bonds is 3. The molecule has 0 atom stereocenters. The summed E-state index contributed by atoms with van der Waals surface area (Å²) in [6, 6.07) is 19.3. The molecule has 3 nitrogen and oxygen atoms in total. The quantitative estimate of drug-likeness (QED) is 0.791. The molecular formula is C21H27N3. The summed E-state index contributed by atoms with van der Waals surface area (Å²) in [5.41, 5.74) is 4.02. The fourth-order valence-corrected chi connectivity index (χ4v) is 2.93. The Bertz CT molecular complexity index is 660. The predicted octanol–water partition coefficient (Wildman–Crippen LogP) is 4.14. The monoisotopic (exact) mass is 321 g/mol. The molecule has 24 heavy (non-hydrogen) atoms. The first kappa shape index (κ1) is 16.6. The van der Waals surface area contributed by atoms with Gasteiger partial charge in [0.1, 0.15) is 0 Å². The molecule has 1 saturated heterocycles. The average Bonchev–Trinajstić information content (AvgIpc) is 2.61. The average molecular weight is 321 g/mol. The number of para-hydroxylation sites is 1. The van der Waals surface area contributed by atoms with E-state index in [1.165, 1.54) is 11.3 Å². The molecule has 1 fully saturated rings. The molecule has 1 heterocycles. The molecule has 0 aliphatic carbocycles. The molecule has 126 valence electrons. The summed E-state index contributed by atoms with van der Waals surface area (Å²) in [7, 11) is 0. The second kappa shape index (κ2) is 7.08. The van der Waals surface area contributed by atoms with Crippen LogP contribution in [-0.4, -0.2) is 37.4 Å². The lowest BCUT2D eigenvalue weighted by molar-refractivity contribution is 0.272. The highest BCUT2D eigenvalue weighted by molar-refractivity contribution is 5.79. The van der Waals surface area contributed by atoms with Crippen LogP contribution in [0.15, 0.2) is 59.7 Å². The number of nitrogens with zero attached hydrogens (tertiary/aromatic N) is 3. The molecule has 0 unspecified atom stereocenters. The highest BCUT2D eigenvalue weighted by atomic mass is 15.5. The van der Waals surface area contributed by atoms with Crippen molar-refractivity contribution in [1.29, 1.82) is 0 Å². The van der Waals surface area contributed by atoms with E-state index in [1.807, 2.05) is 6.21 Å². The normalized spacial score (nSPS) is 16.0. The van der Waals surface area contributed by atoms with Crippen LogP contribution in [0, 0.1) is 0 Å². The van der Waals surface area contributed by atoms with E-state index in [0.717, 1.165) is 31.7 Å². The molecule has 0 radical (unpaired) electrons. The molecular weight excluding hydrogens is 294 g/mol. The van der Waals surface area contributed by atoms with Gasteiger partial charge in [0.2, 0.25) is 0 Å². The Hall–Kier alpha value is -2.29. The lowest BCUT2D eigenvalue weighted by Crippen LogP contribution is -2.44. The summed E-state index contributed by atoms with van der Waals surface area (Å²) >= 11 is 0. The Kier molecular flexibility index (Phi) is 4.89. The van der Waals surface area contributed by atoms with Crippen LogP contribution < -0.4 is 4.90 Å². The van der Waals surface area contributed by atoms with Crippen LogP contribution in [-0.2, 0) is 5.41 Å². The summed E-state index contributed by atoms with van der Waals surface area (Å²) in [6.07, 6.45) is 1.98. The van der Waals surface area contributed by atoms with E-state index in [9.17, 15) is 0 Å². The zero-order valence-electron chi connectivity index (χ0n) is 14.9. The van der Waals surface area contributed by atoms with Gasteiger partial charge in [-0.3, -0.25) is 5.01 Å². The third kappa shape index (κ3) is 4.16. The summed E-state index contributed by atoms with van der Waals surface area (Å²) in [5, 5.41) is 6.82. The second-order valence-electron chi connectivity index (χ2n) is 7.39. The molecule has 2 aromatic carbocycles. The van der Waals surface area contributed by atoms with Crippen LogP contribution in [0.5, 0.6) is 0 Å². The van der Waals surface area contributed by atoms with Crippen molar-refractivity contribution in [3.8, 4) is 0 Å². The van der Waals surface area contributed by atoms with Crippen LogP contribution in [0.2, 0.25) is 0 Å². The van der Waals surface area contributed by atoms with E-state index in [2.05, 4.69) is 90.4 Å². The topological polar surface area (TPSA) is 18.8 Å². The summed E-state index contributed by atoms with van der Waals surface area (Å²) in [4.78, 5) is 2.42. The summed E-state index contributed by atoms with van der Waals surface area (Å²) < 4.78 is 0. The van der Waals surface area contributed by atoms with Crippen molar-refractivity contribution in [1.82, 2.24) is 5.01 Å². The van der Waals surface area contributed by atoms with Gasteiger partial charge in [0.15, 0.2) is 0 Å². The number of anilines is 1. The predicted molar refractivity (Wildman–Crippen MR) is 103 cm³/mol. The van der Waals surface area contributed by atoms with Gasteiger partial charge in [-0.2, -0.15) is 5.10 Å². The molecule has 1 aliphatic heterocycles. The minimum atomic E-state index is 0.198. The van der Waals surface area contributed by atoms with Crippen molar-refractivity contribution < 1.29 is 0 Å². The first-order chi connectivity index (χ1) is 11.5. The zero-order valence-corrected chi connectivity index (χ0v) is 14.9. The maximum Gasteiger partial charge on any atom is 0.0542 e. The van der Waals surface area contributed by atoms with Gasteiger partial charge in [-0.1, -0.05) is 63.2 Å². The zero-order chi connectivity index (χ0) is 17.0. The van der Waals surface area contributed by atoms with Crippen molar-refractivity contribution in [2.24, 2.45) is 5.10 Å². The SMILES string of the molecule is CC(C)(C)c1ccc(C=NN2CCN(c3ccccc3)CC2)cc1. The number of hydrogen-bond donors (Lipinski definition) is 0. The summed E-state index contributed by atoms with van der Waals surface area (Å²) in [5.74, 6) is 0. The van der Waals surface area contributed by atoms with E-state index in [4.69, 9.17) is 0 Å². The van der Waals surface area contributed by atoms with E-state index >= 15 is 0 Å². The number of hydrogen-bond acceptors (Lipinski definition) is 3. The standard InChI is InChI=1S/C21H27N3/c1-21(2,3)19-11-9-18(10-12-19)17-22-24-15-13-23(14-16-24)20-7-5-4-6-8-20/h4-12,17H,13-16H2,1-3H3. The first-order valence-corrected chi connectivity index (χ1v) is 8.72. The van der Waals surface area contributed by atoms with E-state index in [1.54, 1.807) is 0 Å². The van der Waals surface area contributed by atoms with Gasteiger partial charge >= 0.3 is 0 Å². The Balaban J connectivity index is 1.55. The highest BCUT2D eigenvalue weighted by Crippen LogP contribution is 2.22. The maximum absolute atomic E-state index is 4.66. The lowest BCUT2D eigenvalue weighted by atomic mass is 9.87. The third-order valence-electron chi connectivity index (χ3n) is 4.52. The highest BCUT2D eigenvalue weighted by Gasteiger charge is 2.15. The number of hydrazone groups is 1. The van der Waals surface area contributed by atoms with Crippen LogP contribution in [0.3, 0.4) is 0 Å². The first-order valence-electron chi connectivity index (χ1n) is 8.72. The maximum atomic E-state index is 4.66. The molecule has 0 amide bonds. The van der Waals surface area contributed by atoms with Crippen molar-refractivity contribution in [3.63, 3.8) is 0 Å². The Morgan fingerprint density at radius 3 is 2.04 bits per heavy atom. The van der Waals surface area contributed by atoms with Gasteiger partial charge in [-0.15, -0.1) is 0 Å². The van der Waals surface area contributed by atoms with Crippen LogP contribution in [0.4, 0.5) is 5.69 Å². The lowest BCUT2D eigenvalue weighted by Gasteiger charge is -2.34. The van der Waals surface area contributed by atoms with E-state index in [0.29, 0.717) is 0 Å². The van der Waals surface area contributed by atoms with E-state index in [-0.39, 0.29) is 5.41 Å². The molecule has 0 bridgehead atoms. The molecule has 3 heteroatoms. The minimum absolute atomic E-state index is 0.198. The molecule has 3 rings (SSSR count). The molecule has 1 aliphatic rings. The van der Waals surface area contributed by atoms with Gasteiger partial charge in [0, 0.05) is 18.8 Å². The van der Waals surface area contributed by atoms with Gasteiger partial charge in [0.05, 0.1) is 19.3 Å². The van der Waals surface area contributed by atoms with E-state index < -0.39 is 0 Å². The molecule has 0 spiro atoms. The summed E-state index contributed by atoms with van der Waals surface area (Å²) in [6.45, 7) is 10.7. The second-order valence-corrected chi connectivity index (χ2v) is 7.39. The van der Waals surface area contributed by atoms with Gasteiger partial charge in [-0.05, 0) is 28.7 Å². The van der Waals surface area contributed by atoms with Crippen molar-refractivity contribution in [3.05, 3.63) is 65.7 Å². The molecule has 0 saturated carbocycles. The smallest absolute Gasteiger partial charge is 0.0542 e. The largest absolute Gasteiger partial charge is 0.368 e. The molecule has 2 aromatic rings. The fourth-order valence-electron chi connectivity index (χ4n) is 2.93. The van der Waals surface area contributed by atoms with Crippen LogP contribution in [0.1, 0.15) is 31.9 Å². The van der Waals surface area contributed by atoms with Gasteiger partial charge < -0.3 is 4.90 Å². The van der Waals surface area contributed by atoms with Crippen molar-refractivity contribution in [2.75, 3.05) is 31.1 Å². The Morgan fingerprint density at radius 1 is 0.833 bits per heavy atom. The van der Waals surface area contributed by atoms with Crippen LogP contribution in [0.25, 0.3) is 0 Å². The van der Waals surface area contributed by atoms with Crippen LogP contribution >= 0.6 is 0 Å². The number of piperazine rings is 1. The minimum Gasteiger partial charge on any atom is -0.368 e. The Morgan fingerprint density at radius 2 is 1.46 bits per heavy atom. The molecule has 0 aromatic heterocycles. The third-order valence-corrected chi connectivity index (χ3v) is 4.52. The van der Waals surface area contributed by atoms with Gasteiger partial charge in [-0.25, -0.2) is 0 Å². The Labute approximate surface area is 145 Å².